The molecule has 4 rings (SSSR count). The Kier molecular flexibility index (Phi) is 7.17. The van der Waals surface area contributed by atoms with E-state index in [4.69, 9.17) is 4.74 Å². The smallest absolute Gasteiger partial charge is 0.407 e. The monoisotopic (exact) mass is 466 g/mol. The molecule has 3 atom stereocenters. The average molecular weight is 467 g/mol. The first-order valence-corrected chi connectivity index (χ1v) is 11.7. The van der Waals surface area contributed by atoms with Crippen LogP contribution in [0.5, 0.6) is 0 Å². The molecular formula is C26H30N2O6. The van der Waals surface area contributed by atoms with Gasteiger partial charge in [0.2, 0.25) is 5.91 Å². The van der Waals surface area contributed by atoms with Crippen LogP contribution in [0.25, 0.3) is 11.1 Å². The number of aliphatic hydroxyl groups is 1. The van der Waals surface area contributed by atoms with Crippen LogP contribution in [-0.2, 0) is 14.3 Å². The standard InChI is InChI=1S/C26H30N2O6/c1-2-23-16(14-29)11-12-28(23)25(32)22(13-24(30)31)27-26(33)34-15-21-19-9-5-3-7-17(19)18-8-4-6-10-20(18)21/h3-10,16,21-23,29H,2,11-15H2,1H3,(H,27,33)(H,30,31). The predicted octanol–water partition coefficient (Wildman–Crippen LogP) is 2.99. The zero-order valence-electron chi connectivity index (χ0n) is 19.1. The van der Waals surface area contributed by atoms with E-state index in [2.05, 4.69) is 5.32 Å². The number of carbonyl (C=O) groups excluding carboxylic acids is 2. The Labute approximate surface area is 198 Å². The lowest BCUT2D eigenvalue weighted by Gasteiger charge is -2.30. The Morgan fingerprint density at radius 3 is 2.26 bits per heavy atom. The van der Waals surface area contributed by atoms with Gasteiger partial charge in [-0.3, -0.25) is 9.59 Å². The Morgan fingerprint density at radius 2 is 1.71 bits per heavy atom. The lowest BCUT2D eigenvalue weighted by atomic mass is 9.98. The van der Waals surface area contributed by atoms with Crippen LogP contribution in [0.2, 0.25) is 0 Å². The largest absolute Gasteiger partial charge is 0.481 e. The number of aliphatic carboxylic acids is 1. The number of rotatable bonds is 8. The Bertz CT molecular complexity index is 1030. The van der Waals surface area contributed by atoms with Crippen LogP contribution < -0.4 is 5.32 Å². The molecule has 0 aromatic heterocycles. The minimum Gasteiger partial charge on any atom is -0.481 e. The Balaban J connectivity index is 1.44. The highest BCUT2D eigenvalue weighted by atomic mass is 16.5. The first kappa shape index (κ1) is 23.8. The van der Waals surface area contributed by atoms with Gasteiger partial charge in [-0.05, 0) is 35.1 Å². The van der Waals surface area contributed by atoms with Crippen molar-refractivity contribution < 1.29 is 29.3 Å². The molecule has 180 valence electrons. The predicted molar refractivity (Wildman–Crippen MR) is 125 cm³/mol. The van der Waals surface area contributed by atoms with Crippen molar-refractivity contribution in [1.82, 2.24) is 10.2 Å². The maximum atomic E-state index is 13.1. The van der Waals surface area contributed by atoms with E-state index in [1.54, 1.807) is 4.90 Å². The van der Waals surface area contributed by atoms with Crippen molar-refractivity contribution in [2.45, 2.75) is 44.2 Å². The van der Waals surface area contributed by atoms with Crippen molar-refractivity contribution in [3.63, 3.8) is 0 Å². The number of nitrogens with one attached hydrogen (secondary N) is 1. The van der Waals surface area contributed by atoms with Gasteiger partial charge in [0, 0.05) is 31.0 Å². The van der Waals surface area contributed by atoms with E-state index < -0.39 is 30.4 Å². The number of aliphatic hydroxyl groups excluding tert-OH is 1. The molecule has 2 amide bonds. The van der Waals surface area contributed by atoms with Gasteiger partial charge >= 0.3 is 12.1 Å². The van der Waals surface area contributed by atoms with Gasteiger partial charge in [0.15, 0.2) is 0 Å². The number of alkyl carbamates (subject to hydrolysis) is 1. The second-order valence-corrected chi connectivity index (χ2v) is 8.86. The first-order valence-electron chi connectivity index (χ1n) is 11.7. The number of nitrogens with zero attached hydrogens (tertiary/aromatic N) is 1. The highest BCUT2D eigenvalue weighted by molar-refractivity contribution is 5.89. The van der Waals surface area contributed by atoms with Crippen LogP contribution in [0.3, 0.4) is 0 Å². The molecule has 1 fully saturated rings. The molecular weight excluding hydrogens is 436 g/mol. The fourth-order valence-corrected chi connectivity index (χ4v) is 5.32. The highest BCUT2D eigenvalue weighted by Crippen LogP contribution is 2.44. The van der Waals surface area contributed by atoms with Gasteiger partial charge in [0.25, 0.3) is 0 Å². The summed E-state index contributed by atoms with van der Waals surface area (Å²) in [5.41, 5.74) is 4.33. The van der Waals surface area contributed by atoms with Gasteiger partial charge in [0.1, 0.15) is 12.6 Å². The van der Waals surface area contributed by atoms with E-state index in [9.17, 15) is 24.6 Å². The summed E-state index contributed by atoms with van der Waals surface area (Å²) >= 11 is 0. The summed E-state index contributed by atoms with van der Waals surface area (Å²) in [7, 11) is 0. The first-order chi connectivity index (χ1) is 16.4. The maximum Gasteiger partial charge on any atom is 0.407 e. The van der Waals surface area contributed by atoms with Crippen LogP contribution in [-0.4, -0.2) is 64.9 Å². The molecule has 2 aromatic carbocycles. The summed E-state index contributed by atoms with van der Waals surface area (Å²) in [5.74, 6) is -1.84. The Morgan fingerprint density at radius 1 is 1.09 bits per heavy atom. The lowest BCUT2D eigenvalue weighted by Crippen LogP contribution is -2.51. The molecule has 1 aliphatic heterocycles. The van der Waals surface area contributed by atoms with Crippen molar-refractivity contribution in [2.24, 2.45) is 5.92 Å². The van der Waals surface area contributed by atoms with E-state index in [-0.39, 0.29) is 31.1 Å². The molecule has 34 heavy (non-hydrogen) atoms. The highest BCUT2D eigenvalue weighted by Gasteiger charge is 2.39. The van der Waals surface area contributed by atoms with Crippen molar-refractivity contribution >= 4 is 18.0 Å². The summed E-state index contributed by atoms with van der Waals surface area (Å²) in [4.78, 5) is 38.8. The molecule has 1 saturated heterocycles. The molecule has 0 radical (unpaired) electrons. The number of benzene rings is 2. The number of fused-ring (bicyclic) bond motifs is 3. The fraction of sp³-hybridized carbons (Fsp3) is 0.423. The molecule has 3 N–H and O–H groups in total. The third kappa shape index (κ3) is 4.63. The number of carboxylic acids is 1. The molecule has 3 unspecified atom stereocenters. The second-order valence-electron chi connectivity index (χ2n) is 8.86. The molecule has 1 heterocycles. The topological polar surface area (TPSA) is 116 Å². The molecule has 2 aromatic rings. The van der Waals surface area contributed by atoms with E-state index in [0.29, 0.717) is 19.4 Å². The molecule has 8 heteroatoms. The number of likely N-dealkylation sites (tertiary alicyclic amines) is 1. The van der Waals surface area contributed by atoms with E-state index in [1.807, 2.05) is 55.5 Å². The molecule has 0 saturated carbocycles. The molecule has 8 nitrogen and oxygen atoms in total. The minimum absolute atomic E-state index is 0.0360. The number of amides is 2. The van der Waals surface area contributed by atoms with Gasteiger partial charge in [-0.25, -0.2) is 4.79 Å². The summed E-state index contributed by atoms with van der Waals surface area (Å²) in [6.45, 7) is 2.38. The van der Waals surface area contributed by atoms with Crippen LogP contribution >= 0.6 is 0 Å². The normalized spacial score (nSPS) is 19.9. The molecule has 0 spiro atoms. The maximum absolute atomic E-state index is 13.1. The Hall–Kier alpha value is -3.39. The van der Waals surface area contributed by atoms with Crippen molar-refractivity contribution in [3.05, 3.63) is 59.7 Å². The third-order valence-corrected chi connectivity index (χ3v) is 6.93. The van der Waals surface area contributed by atoms with Crippen LogP contribution in [0.1, 0.15) is 43.2 Å². The molecule has 2 aliphatic rings. The number of hydrogen-bond acceptors (Lipinski definition) is 5. The van der Waals surface area contributed by atoms with E-state index in [1.165, 1.54) is 0 Å². The van der Waals surface area contributed by atoms with E-state index in [0.717, 1.165) is 22.3 Å². The molecule has 0 bridgehead atoms. The van der Waals surface area contributed by atoms with Gasteiger partial charge in [0.05, 0.1) is 6.42 Å². The number of ether oxygens (including phenoxy) is 1. The van der Waals surface area contributed by atoms with Crippen LogP contribution in [0.15, 0.2) is 48.5 Å². The number of carbonyl (C=O) groups is 3. The van der Waals surface area contributed by atoms with Gasteiger partial charge in [-0.2, -0.15) is 0 Å². The zero-order valence-corrected chi connectivity index (χ0v) is 19.1. The van der Waals surface area contributed by atoms with Crippen molar-refractivity contribution in [1.29, 1.82) is 0 Å². The minimum atomic E-state index is -1.24. The quantitative estimate of drug-likeness (QED) is 0.551. The molecule has 1 aliphatic carbocycles. The second kappa shape index (κ2) is 10.3. The summed E-state index contributed by atoms with van der Waals surface area (Å²) < 4.78 is 5.51. The SMILES string of the molecule is CCC1C(CO)CCN1C(=O)C(CC(=O)O)NC(=O)OCC1c2ccccc2-c2ccccc21. The van der Waals surface area contributed by atoms with Gasteiger partial charge in [-0.15, -0.1) is 0 Å². The number of carboxylic acid groups (broad SMARTS) is 1. The van der Waals surface area contributed by atoms with Gasteiger partial charge in [-0.1, -0.05) is 55.5 Å². The number of hydrogen-bond donors (Lipinski definition) is 3. The summed E-state index contributed by atoms with van der Waals surface area (Å²) in [5, 5.41) is 21.4. The van der Waals surface area contributed by atoms with Crippen LogP contribution in [0, 0.1) is 5.92 Å². The lowest BCUT2D eigenvalue weighted by molar-refractivity contribution is -0.143. The zero-order chi connectivity index (χ0) is 24.2. The van der Waals surface area contributed by atoms with Gasteiger partial charge < -0.3 is 25.2 Å². The average Bonchev–Trinajstić information content (AvgIpc) is 3.40. The summed E-state index contributed by atoms with van der Waals surface area (Å²) in [6, 6.07) is 14.5. The fourth-order valence-electron chi connectivity index (χ4n) is 5.32. The summed E-state index contributed by atoms with van der Waals surface area (Å²) in [6.07, 6.45) is -0.0835. The van der Waals surface area contributed by atoms with Crippen molar-refractivity contribution in [2.75, 3.05) is 19.8 Å². The van der Waals surface area contributed by atoms with Crippen molar-refractivity contribution in [3.8, 4) is 11.1 Å². The third-order valence-electron chi connectivity index (χ3n) is 6.93. The van der Waals surface area contributed by atoms with Crippen LogP contribution in [0.4, 0.5) is 4.79 Å². The van der Waals surface area contributed by atoms with E-state index >= 15 is 0 Å².